The summed E-state index contributed by atoms with van der Waals surface area (Å²) in [5, 5.41) is 23.8. The fourth-order valence-corrected chi connectivity index (χ4v) is 10.00. The van der Waals surface area contributed by atoms with Crippen molar-refractivity contribution in [3.05, 3.63) is 158 Å². The molecule has 4 aromatic rings. The summed E-state index contributed by atoms with van der Waals surface area (Å²) < 4.78 is 224. The molecule has 0 atom stereocenters. The minimum atomic E-state index is -5.67. The zero-order valence-electron chi connectivity index (χ0n) is 53.5. The number of carbonyl (C=O) groups is 2. The van der Waals surface area contributed by atoms with Gasteiger partial charge in [-0.1, -0.05) is 53.6 Å². The third-order valence-electron chi connectivity index (χ3n) is 13.8. The average Bonchev–Trinajstić information content (AvgIpc) is 0.843. The van der Waals surface area contributed by atoms with Crippen molar-refractivity contribution >= 4 is 70.8 Å². The number of amides is 2. The van der Waals surface area contributed by atoms with Crippen LogP contribution >= 0.6 is 24.8 Å². The molecule has 0 spiro atoms. The maximum atomic E-state index is 13.0. The van der Waals surface area contributed by atoms with Crippen LogP contribution in [0.5, 0.6) is 0 Å². The Morgan fingerprint density at radius 1 is 0.505 bits per heavy atom. The van der Waals surface area contributed by atoms with Gasteiger partial charge in [0.1, 0.15) is 17.0 Å². The van der Waals surface area contributed by atoms with Gasteiger partial charge in [0.05, 0.1) is 22.3 Å². The number of ether oxygens (including phenoxy) is 2. The molecule has 1 saturated heterocycles. The van der Waals surface area contributed by atoms with Crippen LogP contribution in [-0.4, -0.2) is 117 Å². The first-order chi connectivity index (χ1) is 42.5. The lowest BCUT2D eigenvalue weighted by atomic mass is 9.78. The lowest BCUT2D eigenvalue weighted by molar-refractivity contribution is -0.138. The van der Waals surface area contributed by atoms with Crippen LogP contribution in [0.25, 0.3) is 11.1 Å². The fraction of sp³-hybridized carbons (Fsp3) is 0.492. The van der Waals surface area contributed by atoms with E-state index in [0.29, 0.717) is 52.9 Å². The minimum absolute atomic E-state index is 0. The lowest BCUT2D eigenvalue weighted by Gasteiger charge is -2.29. The number of nitrogens with zero attached hydrogens (tertiary/aromatic N) is 2. The van der Waals surface area contributed by atoms with Gasteiger partial charge in [-0.3, -0.25) is 0 Å². The molecule has 0 bridgehead atoms. The summed E-state index contributed by atoms with van der Waals surface area (Å²) in [5.74, 6) is -0.0793. The first kappa shape index (κ1) is 84.9. The number of aryl methyl sites for hydroxylation is 4. The molecular weight excluding hydrogens is 1360 g/mol. The second-order valence-electron chi connectivity index (χ2n) is 24.2. The first-order valence-electron chi connectivity index (χ1n) is 29.1. The zero-order chi connectivity index (χ0) is 70.5. The van der Waals surface area contributed by atoms with Gasteiger partial charge in [0, 0.05) is 39.1 Å². The molecule has 4 N–H and O–H groups in total. The summed E-state index contributed by atoms with van der Waals surface area (Å²) in [6.07, 6.45) is -10.5. The second kappa shape index (κ2) is 34.9. The topological polar surface area (TPSA) is 167 Å². The van der Waals surface area contributed by atoms with Crippen LogP contribution in [0.15, 0.2) is 96.8 Å². The number of nitrogens with one attached hydrogen (secondary N) is 2. The third-order valence-corrected chi connectivity index (χ3v) is 14.8. The van der Waals surface area contributed by atoms with E-state index in [1.165, 1.54) is 48.2 Å². The van der Waals surface area contributed by atoms with E-state index in [0.717, 1.165) is 86.4 Å². The molecule has 0 aliphatic carbocycles. The summed E-state index contributed by atoms with van der Waals surface area (Å²) in [5.41, 5.74) is -3.36. The summed E-state index contributed by atoms with van der Waals surface area (Å²) in [4.78, 5) is 26.5. The SMILES string of the molecule is CC(C)(C)OC(=O)N1CC=C(OS(=O)(=O)C(F)(F)F)CC1.Cc1cc(B(O)O)cc(C(F)(F)F)c1.Cc1cc(C2=CCN(C(=O)OC(C)(C)C)CC2)cc(C(F)(F)F)c1.Cc1cc(C2=CCNCC2)cc(C(F)(F)F)c1.Cc1cc(C2CCNCC2)cc(C(F)(F)F)c1.Cl.Cl. The van der Waals surface area contributed by atoms with Crippen molar-refractivity contribution in [2.45, 2.75) is 149 Å². The second-order valence-corrected chi connectivity index (χ2v) is 25.8. The van der Waals surface area contributed by atoms with E-state index in [1.807, 2.05) is 18.2 Å². The normalized spacial score (nSPS) is 15.8. The van der Waals surface area contributed by atoms with E-state index in [2.05, 4.69) is 14.8 Å². The van der Waals surface area contributed by atoms with E-state index in [9.17, 15) is 83.9 Å². The summed E-state index contributed by atoms with van der Waals surface area (Å²) in [7, 11) is -7.55. The van der Waals surface area contributed by atoms with Crippen LogP contribution in [0.3, 0.4) is 0 Å². The van der Waals surface area contributed by atoms with Crippen molar-refractivity contribution in [1.82, 2.24) is 20.4 Å². The molecule has 4 aliphatic rings. The highest BCUT2D eigenvalue weighted by atomic mass is 35.5. The van der Waals surface area contributed by atoms with Crippen molar-refractivity contribution in [3.63, 3.8) is 0 Å². The van der Waals surface area contributed by atoms with Crippen LogP contribution in [0.4, 0.5) is 75.4 Å². The van der Waals surface area contributed by atoms with Gasteiger partial charge < -0.3 is 44.1 Å². The number of carbonyl (C=O) groups excluding carboxylic acids is 2. The van der Waals surface area contributed by atoms with E-state index in [1.54, 1.807) is 79.4 Å². The van der Waals surface area contributed by atoms with Crippen molar-refractivity contribution in [2.24, 2.45) is 0 Å². The highest BCUT2D eigenvalue weighted by Crippen LogP contribution is 2.38. The highest BCUT2D eigenvalue weighted by Gasteiger charge is 2.49. The molecule has 1 fully saturated rings. The average molecular weight is 1430 g/mol. The monoisotopic (exact) mass is 1430 g/mol. The van der Waals surface area contributed by atoms with Gasteiger partial charge in [-0.25, -0.2) is 9.59 Å². The predicted molar refractivity (Wildman–Crippen MR) is 336 cm³/mol. The number of alkyl halides is 15. The number of piperidine rings is 1. The first-order valence-corrected chi connectivity index (χ1v) is 30.5. The van der Waals surface area contributed by atoms with Gasteiger partial charge >= 0.3 is 59.6 Å². The van der Waals surface area contributed by atoms with Crippen molar-refractivity contribution in [1.29, 1.82) is 0 Å². The number of hydrogen-bond acceptors (Lipinski definition) is 11. The molecule has 8 rings (SSSR count). The molecule has 4 aliphatic heterocycles. The van der Waals surface area contributed by atoms with E-state index in [-0.39, 0.29) is 61.5 Å². The summed E-state index contributed by atoms with van der Waals surface area (Å²) in [6, 6.07) is 15.6. The van der Waals surface area contributed by atoms with Crippen LogP contribution in [0.2, 0.25) is 0 Å². The Kier molecular flexibility index (Phi) is 31.2. The van der Waals surface area contributed by atoms with Gasteiger partial charge in [0.2, 0.25) is 0 Å². The van der Waals surface area contributed by atoms with Crippen molar-refractivity contribution in [2.75, 3.05) is 52.4 Å². The van der Waals surface area contributed by atoms with E-state index < -0.39 is 93.1 Å². The quantitative estimate of drug-likeness (QED) is 0.0628. The van der Waals surface area contributed by atoms with Crippen LogP contribution < -0.4 is 16.1 Å². The van der Waals surface area contributed by atoms with Gasteiger partial charge in [0.15, 0.2) is 0 Å². The van der Waals surface area contributed by atoms with E-state index >= 15 is 0 Å². The van der Waals surface area contributed by atoms with Gasteiger partial charge in [-0.2, -0.15) is 74.3 Å². The summed E-state index contributed by atoms with van der Waals surface area (Å²) in [6.45, 7) is 20.9. The molecule has 32 heteroatoms. The number of benzene rings is 4. The molecule has 4 aromatic carbocycles. The molecule has 4 heterocycles. The number of hydrogen-bond donors (Lipinski definition) is 4. The predicted octanol–water partition coefficient (Wildman–Crippen LogP) is 15.8. The largest absolute Gasteiger partial charge is 0.534 e. The third kappa shape index (κ3) is 28.8. The number of rotatable bonds is 6. The van der Waals surface area contributed by atoms with Crippen LogP contribution in [-0.2, 0) is 48.5 Å². The van der Waals surface area contributed by atoms with Crippen molar-refractivity contribution in [3.8, 4) is 0 Å². The van der Waals surface area contributed by atoms with Gasteiger partial charge in [0.25, 0.3) is 0 Å². The smallest absolute Gasteiger partial charge is 0.444 e. The fourth-order valence-electron chi connectivity index (χ4n) is 9.47. The Hall–Kier alpha value is -6.18. The Bertz CT molecular complexity index is 3410. The molecule has 532 valence electrons. The Morgan fingerprint density at radius 2 is 0.905 bits per heavy atom. The maximum absolute atomic E-state index is 13.0. The van der Waals surface area contributed by atoms with Crippen molar-refractivity contribution < 1.29 is 108 Å². The molecule has 0 saturated carbocycles. The molecule has 2 amide bonds. The maximum Gasteiger partial charge on any atom is 0.534 e. The highest BCUT2D eigenvalue weighted by molar-refractivity contribution is 7.87. The molecule has 0 radical (unpaired) electrons. The van der Waals surface area contributed by atoms with Gasteiger partial charge in [-0.05, 0) is 213 Å². The lowest BCUT2D eigenvalue weighted by Crippen LogP contribution is -2.39. The zero-order valence-corrected chi connectivity index (χ0v) is 56.0. The van der Waals surface area contributed by atoms with Gasteiger partial charge in [-0.15, -0.1) is 24.8 Å². The minimum Gasteiger partial charge on any atom is -0.444 e. The van der Waals surface area contributed by atoms with Crippen LogP contribution in [0, 0.1) is 27.7 Å². The standard InChI is InChI=1S/C18H22F3NO2.C13H16F3N.C13H14F3N.C11H16F3NO5S.C8H8BF3O2.2ClH/c1-12-9-14(11-15(10-12)18(19,20)21)13-5-7-22(8-6-13)16(23)24-17(2,3)4;2*1-9-6-11(10-2-4-17-5-3-10)8-12(7-9)13(14,15)16;1-10(2,3)19-9(16)15-6-4-8(5-7-15)20-21(17,18)11(12,13)14;1-5-2-6(8(10,11)12)4-7(3-5)9(13)14;;/h5,9-11H,6-8H2,1-4H3;6-8,10,17H,2-5H2,1H3;2,6-8,17H,3-5H2,1H3;4H,5-7H2,1-3H3;2-4,13-14H,1H3;2*1H. The summed E-state index contributed by atoms with van der Waals surface area (Å²) >= 11 is 0. The molecule has 0 aromatic heterocycles. The molecule has 0 unspecified atom stereocenters. The molecule has 13 nitrogen and oxygen atoms in total. The Balaban J connectivity index is 0.000000406. The number of halogens is 17. The van der Waals surface area contributed by atoms with E-state index in [4.69, 9.17) is 19.5 Å². The molecular formula is C63H78BCl2F15N4O9S. The Labute approximate surface area is 555 Å². The Morgan fingerprint density at radius 3 is 1.27 bits per heavy atom. The molecule has 95 heavy (non-hydrogen) atoms. The van der Waals surface area contributed by atoms with Crippen LogP contribution in [0.1, 0.15) is 141 Å².